The highest BCUT2D eigenvalue weighted by molar-refractivity contribution is 5.89. The highest BCUT2D eigenvalue weighted by atomic mass is 19.1. The molecule has 20 heavy (non-hydrogen) atoms. The van der Waals surface area contributed by atoms with Crippen LogP contribution >= 0.6 is 0 Å². The van der Waals surface area contributed by atoms with Gasteiger partial charge in [-0.3, -0.25) is 4.79 Å². The van der Waals surface area contributed by atoms with Crippen LogP contribution in [0.1, 0.15) is 51.0 Å². The zero-order chi connectivity index (χ0) is 14.4. The molecule has 1 aromatic rings. The van der Waals surface area contributed by atoms with Gasteiger partial charge in [0, 0.05) is 13.0 Å². The molecule has 0 bridgehead atoms. The number of benzene rings is 1. The summed E-state index contributed by atoms with van der Waals surface area (Å²) in [5.74, 6) is -0.271. The summed E-state index contributed by atoms with van der Waals surface area (Å²) in [4.78, 5) is 12.7. The number of Topliss-reactive ketones (excluding diaryl/α,β-unsaturated/α-hetero) is 1. The monoisotopic (exact) mass is 278 g/mol. The summed E-state index contributed by atoms with van der Waals surface area (Å²) >= 11 is 0. The summed E-state index contributed by atoms with van der Waals surface area (Å²) in [7, 11) is 0. The largest absolute Gasteiger partial charge is 0.367 e. The van der Waals surface area contributed by atoms with Gasteiger partial charge in [0.2, 0.25) is 0 Å². The average Bonchev–Trinajstić information content (AvgIpc) is 2.68. The van der Waals surface area contributed by atoms with Crippen LogP contribution in [0.4, 0.5) is 4.39 Å². The van der Waals surface area contributed by atoms with Crippen molar-refractivity contribution in [3.63, 3.8) is 0 Å². The lowest BCUT2D eigenvalue weighted by atomic mass is 9.86. The third-order valence-electron chi connectivity index (χ3n) is 4.15. The predicted octanol–water partition coefficient (Wildman–Crippen LogP) is 4.07. The van der Waals surface area contributed by atoms with E-state index in [0.29, 0.717) is 12.2 Å². The van der Waals surface area contributed by atoms with Gasteiger partial charge in [-0.2, -0.15) is 0 Å². The van der Waals surface area contributed by atoms with Crippen LogP contribution in [0.5, 0.6) is 0 Å². The van der Waals surface area contributed by atoms with E-state index in [2.05, 4.69) is 0 Å². The van der Waals surface area contributed by atoms with Crippen molar-refractivity contribution in [2.75, 3.05) is 6.61 Å². The molecule has 3 heteroatoms. The number of ether oxygens (including phenoxy) is 1. The Labute approximate surface area is 120 Å². The molecule has 0 heterocycles. The van der Waals surface area contributed by atoms with Crippen LogP contribution < -0.4 is 0 Å². The van der Waals surface area contributed by atoms with Crippen molar-refractivity contribution in [3.05, 3.63) is 35.6 Å². The maximum absolute atomic E-state index is 13.7. The zero-order valence-corrected chi connectivity index (χ0v) is 12.2. The second kappa shape index (κ2) is 6.98. The fourth-order valence-electron chi connectivity index (χ4n) is 3.06. The van der Waals surface area contributed by atoms with Crippen LogP contribution in [0.3, 0.4) is 0 Å². The molecule has 0 amide bonds. The lowest BCUT2D eigenvalue weighted by Crippen LogP contribution is -2.42. The van der Waals surface area contributed by atoms with Gasteiger partial charge in [-0.1, -0.05) is 43.9 Å². The molecule has 0 unspecified atom stereocenters. The molecule has 1 aromatic carbocycles. The highest BCUT2D eigenvalue weighted by Crippen LogP contribution is 2.32. The highest BCUT2D eigenvalue weighted by Gasteiger charge is 2.38. The number of ketones is 1. The molecular weight excluding hydrogens is 255 g/mol. The Morgan fingerprint density at radius 1 is 1.20 bits per heavy atom. The first-order chi connectivity index (χ1) is 9.68. The first kappa shape index (κ1) is 15.2. The molecule has 0 radical (unpaired) electrons. The molecule has 0 N–H and O–H groups in total. The van der Waals surface area contributed by atoms with Crippen molar-refractivity contribution in [3.8, 4) is 0 Å². The van der Waals surface area contributed by atoms with Crippen LogP contribution in [0, 0.1) is 5.82 Å². The van der Waals surface area contributed by atoms with Crippen molar-refractivity contribution in [1.82, 2.24) is 0 Å². The van der Waals surface area contributed by atoms with Gasteiger partial charge < -0.3 is 4.74 Å². The van der Waals surface area contributed by atoms with Crippen molar-refractivity contribution >= 4 is 5.78 Å². The lowest BCUT2D eigenvalue weighted by molar-refractivity contribution is -0.145. The first-order valence-electron chi connectivity index (χ1n) is 7.58. The Morgan fingerprint density at radius 3 is 2.45 bits per heavy atom. The summed E-state index contributed by atoms with van der Waals surface area (Å²) in [6, 6.07) is 6.51. The SMILES string of the molecule is CCOC1(C(=O)Cc2ccccc2F)CCCCCC1. The number of halogens is 1. The van der Waals surface area contributed by atoms with E-state index in [-0.39, 0.29) is 18.0 Å². The summed E-state index contributed by atoms with van der Waals surface area (Å²) in [6.07, 6.45) is 6.02. The fourth-order valence-corrected chi connectivity index (χ4v) is 3.06. The third-order valence-corrected chi connectivity index (χ3v) is 4.15. The van der Waals surface area contributed by atoms with E-state index in [1.165, 1.54) is 6.07 Å². The van der Waals surface area contributed by atoms with Gasteiger partial charge in [0.25, 0.3) is 0 Å². The maximum atomic E-state index is 13.7. The van der Waals surface area contributed by atoms with Gasteiger partial charge in [-0.25, -0.2) is 4.39 Å². The van der Waals surface area contributed by atoms with Gasteiger partial charge in [-0.15, -0.1) is 0 Å². The average molecular weight is 278 g/mol. The smallest absolute Gasteiger partial charge is 0.169 e. The number of hydrogen-bond acceptors (Lipinski definition) is 2. The molecule has 0 aromatic heterocycles. The Morgan fingerprint density at radius 2 is 1.85 bits per heavy atom. The van der Waals surface area contributed by atoms with E-state index >= 15 is 0 Å². The van der Waals surface area contributed by atoms with Gasteiger partial charge in [0.1, 0.15) is 11.4 Å². The molecule has 1 aliphatic rings. The summed E-state index contributed by atoms with van der Waals surface area (Å²) < 4.78 is 19.6. The van der Waals surface area contributed by atoms with Gasteiger partial charge in [-0.05, 0) is 31.4 Å². The molecule has 1 fully saturated rings. The standard InChI is InChI=1S/C17H23FO2/c1-2-20-17(11-7-3-4-8-12-17)16(19)13-14-9-5-6-10-15(14)18/h5-6,9-10H,2-4,7-8,11-13H2,1H3. The fraction of sp³-hybridized carbons (Fsp3) is 0.588. The summed E-state index contributed by atoms with van der Waals surface area (Å²) in [5, 5.41) is 0. The minimum Gasteiger partial charge on any atom is -0.367 e. The van der Waals surface area contributed by atoms with Crippen LogP contribution in [0.25, 0.3) is 0 Å². The zero-order valence-electron chi connectivity index (χ0n) is 12.2. The van der Waals surface area contributed by atoms with Crippen molar-refractivity contribution in [1.29, 1.82) is 0 Å². The summed E-state index contributed by atoms with van der Waals surface area (Å²) in [6.45, 7) is 2.45. The predicted molar refractivity (Wildman–Crippen MR) is 77.2 cm³/mol. The van der Waals surface area contributed by atoms with E-state index in [9.17, 15) is 9.18 Å². The first-order valence-corrected chi connectivity index (χ1v) is 7.58. The molecule has 0 atom stereocenters. The molecule has 0 aliphatic heterocycles. The Bertz CT molecular complexity index is 448. The van der Waals surface area contributed by atoms with E-state index in [1.54, 1.807) is 18.2 Å². The van der Waals surface area contributed by atoms with Crippen LogP contribution in [-0.4, -0.2) is 18.0 Å². The third kappa shape index (κ3) is 3.45. The Balaban J connectivity index is 2.16. The minimum absolute atomic E-state index is 0.0337. The number of carbonyl (C=O) groups is 1. The van der Waals surface area contributed by atoms with Crippen LogP contribution in [-0.2, 0) is 16.0 Å². The number of hydrogen-bond donors (Lipinski definition) is 0. The lowest BCUT2D eigenvalue weighted by Gasteiger charge is -2.31. The topological polar surface area (TPSA) is 26.3 Å². The molecule has 0 spiro atoms. The molecule has 2 rings (SSSR count). The van der Waals surface area contributed by atoms with Crippen molar-refractivity contribution < 1.29 is 13.9 Å². The maximum Gasteiger partial charge on any atom is 0.169 e. The van der Waals surface area contributed by atoms with E-state index < -0.39 is 5.60 Å². The second-order valence-electron chi connectivity index (χ2n) is 5.53. The Kier molecular flexibility index (Phi) is 5.30. The normalized spacial score (nSPS) is 18.5. The Hall–Kier alpha value is -1.22. The molecule has 2 nitrogen and oxygen atoms in total. The quantitative estimate of drug-likeness (QED) is 0.759. The second-order valence-corrected chi connectivity index (χ2v) is 5.53. The van der Waals surface area contributed by atoms with Gasteiger partial charge in [0.05, 0.1) is 0 Å². The van der Waals surface area contributed by atoms with Crippen LogP contribution in [0.2, 0.25) is 0 Å². The molecule has 110 valence electrons. The molecule has 1 saturated carbocycles. The summed E-state index contributed by atoms with van der Waals surface area (Å²) in [5.41, 5.74) is -0.214. The van der Waals surface area contributed by atoms with Crippen molar-refractivity contribution in [2.45, 2.75) is 57.5 Å². The van der Waals surface area contributed by atoms with Gasteiger partial charge in [0.15, 0.2) is 5.78 Å². The number of carbonyl (C=O) groups excluding carboxylic acids is 1. The van der Waals surface area contributed by atoms with E-state index in [1.807, 2.05) is 6.92 Å². The molecule has 0 saturated heterocycles. The van der Waals surface area contributed by atoms with E-state index in [4.69, 9.17) is 4.74 Å². The molecule has 1 aliphatic carbocycles. The van der Waals surface area contributed by atoms with Crippen LogP contribution in [0.15, 0.2) is 24.3 Å². The minimum atomic E-state index is -0.687. The number of rotatable bonds is 5. The van der Waals surface area contributed by atoms with Crippen molar-refractivity contribution in [2.24, 2.45) is 0 Å². The van der Waals surface area contributed by atoms with E-state index in [0.717, 1.165) is 38.5 Å². The molecular formula is C17H23FO2. The van der Waals surface area contributed by atoms with Gasteiger partial charge >= 0.3 is 0 Å².